The summed E-state index contributed by atoms with van der Waals surface area (Å²) in [4.78, 5) is 6.74. The van der Waals surface area contributed by atoms with E-state index in [0.29, 0.717) is 0 Å². The van der Waals surface area contributed by atoms with E-state index in [1.807, 2.05) is 12.4 Å². The summed E-state index contributed by atoms with van der Waals surface area (Å²) < 4.78 is 0. The molecular weight excluding hydrogens is 246 g/mol. The average Bonchev–Trinajstić information content (AvgIpc) is 2.48. The predicted molar refractivity (Wildman–Crippen MR) is 83.0 cm³/mol. The lowest BCUT2D eigenvalue weighted by Gasteiger charge is -2.43. The first-order valence-corrected chi connectivity index (χ1v) is 7.14. The molecule has 0 radical (unpaired) electrons. The van der Waals surface area contributed by atoms with Crippen LogP contribution in [0.4, 0.5) is 5.69 Å². The lowest BCUT2D eigenvalue weighted by molar-refractivity contribution is 0.332. The number of pyridine rings is 1. The summed E-state index contributed by atoms with van der Waals surface area (Å²) in [6.45, 7) is 7.34. The molecule has 1 aliphatic heterocycles. The second-order valence-electron chi connectivity index (χ2n) is 5.77. The molecule has 3 heteroatoms. The fourth-order valence-corrected chi connectivity index (χ4v) is 2.92. The van der Waals surface area contributed by atoms with Crippen molar-refractivity contribution in [3.63, 3.8) is 0 Å². The molecular formula is C17H21N3. The van der Waals surface area contributed by atoms with E-state index in [0.717, 1.165) is 19.6 Å². The van der Waals surface area contributed by atoms with Crippen LogP contribution in [0, 0.1) is 6.92 Å². The molecule has 1 unspecified atom stereocenters. The zero-order valence-corrected chi connectivity index (χ0v) is 12.1. The number of nitrogens with one attached hydrogen (secondary N) is 1. The van der Waals surface area contributed by atoms with Crippen LogP contribution in [0.25, 0.3) is 0 Å². The molecule has 1 N–H and O–H groups in total. The maximum Gasteiger partial charge on any atom is 0.0584 e. The van der Waals surface area contributed by atoms with Gasteiger partial charge in [0.25, 0.3) is 0 Å². The average molecular weight is 267 g/mol. The van der Waals surface area contributed by atoms with Crippen LogP contribution >= 0.6 is 0 Å². The Labute approximate surface area is 120 Å². The third kappa shape index (κ3) is 2.54. The first-order chi connectivity index (χ1) is 9.67. The maximum atomic E-state index is 4.32. The van der Waals surface area contributed by atoms with Crippen molar-refractivity contribution in [3.05, 3.63) is 59.9 Å². The van der Waals surface area contributed by atoms with Crippen molar-refractivity contribution < 1.29 is 0 Å². The number of anilines is 1. The normalized spacial score (nSPS) is 22.8. The van der Waals surface area contributed by atoms with E-state index in [1.54, 1.807) is 0 Å². The van der Waals surface area contributed by atoms with E-state index < -0.39 is 0 Å². The molecule has 104 valence electrons. The molecule has 1 atom stereocenters. The number of aryl methyl sites for hydroxylation is 1. The number of hydrogen-bond donors (Lipinski definition) is 1. The molecule has 0 aliphatic carbocycles. The van der Waals surface area contributed by atoms with Crippen molar-refractivity contribution in [1.29, 1.82) is 0 Å². The van der Waals surface area contributed by atoms with E-state index in [2.05, 4.69) is 65.4 Å². The molecule has 2 heterocycles. The Bertz CT molecular complexity index is 582. The van der Waals surface area contributed by atoms with Gasteiger partial charge in [0.15, 0.2) is 0 Å². The Hall–Kier alpha value is -1.87. The summed E-state index contributed by atoms with van der Waals surface area (Å²) >= 11 is 0. The lowest BCUT2D eigenvalue weighted by atomic mass is 9.89. The summed E-state index contributed by atoms with van der Waals surface area (Å²) in [6, 6.07) is 12.9. The van der Waals surface area contributed by atoms with E-state index in [1.165, 1.54) is 16.8 Å². The van der Waals surface area contributed by atoms with Gasteiger partial charge in [-0.2, -0.15) is 0 Å². The second-order valence-corrected chi connectivity index (χ2v) is 5.77. The monoisotopic (exact) mass is 267 g/mol. The Balaban J connectivity index is 1.87. The van der Waals surface area contributed by atoms with Gasteiger partial charge in [0, 0.05) is 25.8 Å². The van der Waals surface area contributed by atoms with Gasteiger partial charge < -0.3 is 10.2 Å². The van der Waals surface area contributed by atoms with Gasteiger partial charge in [-0.25, -0.2) is 0 Å². The van der Waals surface area contributed by atoms with E-state index in [-0.39, 0.29) is 5.54 Å². The molecule has 1 fully saturated rings. The molecule has 0 amide bonds. The molecule has 3 nitrogen and oxygen atoms in total. The molecule has 0 spiro atoms. The highest BCUT2D eigenvalue weighted by molar-refractivity contribution is 5.48. The minimum Gasteiger partial charge on any atom is -0.367 e. The number of aromatic nitrogens is 1. The molecule has 1 aromatic carbocycles. The molecule has 0 saturated carbocycles. The zero-order valence-electron chi connectivity index (χ0n) is 12.1. The van der Waals surface area contributed by atoms with E-state index in [9.17, 15) is 0 Å². The fraction of sp³-hybridized carbons (Fsp3) is 0.353. The van der Waals surface area contributed by atoms with Crippen molar-refractivity contribution in [3.8, 4) is 0 Å². The van der Waals surface area contributed by atoms with Crippen LogP contribution in [0.15, 0.2) is 48.8 Å². The van der Waals surface area contributed by atoms with Crippen LogP contribution in [0.5, 0.6) is 0 Å². The molecule has 2 aromatic rings. The summed E-state index contributed by atoms with van der Waals surface area (Å²) in [5, 5.41) is 3.66. The van der Waals surface area contributed by atoms with Crippen LogP contribution in [0.2, 0.25) is 0 Å². The van der Waals surface area contributed by atoms with Crippen LogP contribution < -0.4 is 10.2 Å². The van der Waals surface area contributed by atoms with Gasteiger partial charge in [-0.15, -0.1) is 0 Å². The fourth-order valence-electron chi connectivity index (χ4n) is 2.92. The summed E-state index contributed by atoms with van der Waals surface area (Å²) in [7, 11) is 0. The van der Waals surface area contributed by atoms with Gasteiger partial charge in [-0.3, -0.25) is 4.98 Å². The number of nitrogens with zero attached hydrogens (tertiary/aromatic N) is 2. The summed E-state index contributed by atoms with van der Waals surface area (Å²) in [5.41, 5.74) is 3.75. The largest absolute Gasteiger partial charge is 0.367 e. The third-order valence-corrected chi connectivity index (χ3v) is 4.04. The van der Waals surface area contributed by atoms with Gasteiger partial charge in [0.2, 0.25) is 0 Å². The van der Waals surface area contributed by atoms with Crippen LogP contribution in [0.3, 0.4) is 0 Å². The van der Waals surface area contributed by atoms with Crippen molar-refractivity contribution in [2.24, 2.45) is 0 Å². The standard InChI is InChI=1S/C17H21N3/c1-14-10-16(12-18-11-14)20-9-8-19-17(2,13-20)15-6-4-3-5-7-15/h3-7,10-12,19H,8-9,13H2,1-2H3. The molecule has 20 heavy (non-hydrogen) atoms. The zero-order chi connectivity index (χ0) is 14.0. The quantitative estimate of drug-likeness (QED) is 0.907. The third-order valence-electron chi connectivity index (χ3n) is 4.04. The molecule has 1 aromatic heterocycles. The Morgan fingerprint density at radius 1 is 1.20 bits per heavy atom. The van der Waals surface area contributed by atoms with E-state index in [4.69, 9.17) is 0 Å². The first-order valence-electron chi connectivity index (χ1n) is 7.14. The van der Waals surface area contributed by atoms with Crippen molar-refractivity contribution in [1.82, 2.24) is 10.3 Å². The number of hydrogen-bond acceptors (Lipinski definition) is 3. The first kappa shape index (κ1) is 13.1. The van der Waals surface area contributed by atoms with Crippen LogP contribution in [-0.4, -0.2) is 24.6 Å². The minimum absolute atomic E-state index is 0.0107. The Morgan fingerprint density at radius 3 is 2.75 bits per heavy atom. The second kappa shape index (κ2) is 5.25. The highest BCUT2D eigenvalue weighted by atomic mass is 15.2. The van der Waals surface area contributed by atoms with Crippen molar-refractivity contribution in [2.75, 3.05) is 24.5 Å². The van der Waals surface area contributed by atoms with Crippen molar-refractivity contribution in [2.45, 2.75) is 19.4 Å². The SMILES string of the molecule is Cc1cncc(N2CCNC(C)(c3ccccc3)C2)c1. The highest BCUT2D eigenvalue weighted by Gasteiger charge is 2.32. The van der Waals surface area contributed by atoms with Gasteiger partial charge in [0.05, 0.1) is 17.4 Å². The van der Waals surface area contributed by atoms with Crippen molar-refractivity contribution >= 4 is 5.69 Å². The summed E-state index contributed by atoms with van der Waals surface area (Å²) in [5.74, 6) is 0. The van der Waals surface area contributed by atoms with Gasteiger partial charge in [0.1, 0.15) is 0 Å². The Kier molecular flexibility index (Phi) is 3.45. The number of benzene rings is 1. The minimum atomic E-state index is -0.0107. The lowest BCUT2D eigenvalue weighted by Crippen LogP contribution is -2.56. The predicted octanol–water partition coefficient (Wildman–Crippen LogP) is 2.72. The number of piperazine rings is 1. The van der Waals surface area contributed by atoms with Gasteiger partial charge in [-0.05, 0) is 31.0 Å². The Morgan fingerprint density at radius 2 is 2.00 bits per heavy atom. The molecule has 3 rings (SSSR count). The molecule has 1 aliphatic rings. The number of rotatable bonds is 2. The smallest absolute Gasteiger partial charge is 0.0584 e. The van der Waals surface area contributed by atoms with Crippen LogP contribution in [0.1, 0.15) is 18.1 Å². The maximum absolute atomic E-state index is 4.32. The summed E-state index contributed by atoms with van der Waals surface area (Å²) in [6.07, 6.45) is 3.87. The van der Waals surface area contributed by atoms with Gasteiger partial charge in [-0.1, -0.05) is 30.3 Å². The van der Waals surface area contributed by atoms with E-state index >= 15 is 0 Å². The molecule has 1 saturated heterocycles. The highest BCUT2D eigenvalue weighted by Crippen LogP contribution is 2.27. The van der Waals surface area contributed by atoms with Gasteiger partial charge >= 0.3 is 0 Å². The molecule has 0 bridgehead atoms. The van der Waals surface area contributed by atoms with Crippen LogP contribution in [-0.2, 0) is 5.54 Å². The topological polar surface area (TPSA) is 28.2 Å².